The third-order valence-corrected chi connectivity index (χ3v) is 5.20. The molecule has 0 saturated heterocycles. The third kappa shape index (κ3) is 3.19. The van der Waals surface area contributed by atoms with E-state index in [-0.39, 0.29) is 10.6 Å². The second kappa shape index (κ2) is 5.41. The first-order chi connectivity index (χ1) is 9.73. The molecule has 0 radical (unpaired) electrons. The Morgan fingerprint density at radius 1 is 1.05 bits per heavy atom. The Labute approximate surface area is 119 Å². The molecule has 0 spiro atoms. The van der Waals surface area contributed by atoms with E-state index in [1.54, 1.807) is 0 Å². The van der Waals surface area contributed by atoms with Crippen LogP contribution in [0.2, 0.25) is 0 Å². The standard InChI is InChI=1S/C10H9F2N3O4S2/c11-10(12)20(16,17)8-3-1-7(2-4-8)15-21(18,19)9-5-13-14-6-9/h1-6,10,15H,(H,13,14). The molecule has 11 heteroatoms. The molecule has 0 aliphatic carbocycles. The minimum atomic E-state index is -4.71. The van der Waals surface area contributed by atoms with Gasteiger partial charge in [-0.3, -0.25) is 9.82 Å². The van der Waals surface area contributed by atoms with Gasteiger partial charge in [0.2, 0.25) is 9.84 Å². The molecule has 0 bridgehead atoms. The van der Waals surface area contributed by atoms with Crippen LogP contribution in [0.4, 0.5) is 14.5 Å². The van der Waals surface area contributed by atoms with E-state index in [0.29, 0.717) is 0 Å². The number of sulfonamides is 1. The highest BCUT2D eigenvalue weighted by Crippen LogP contribution is 2.21. The highest BCUT2D eigenvalue weighted by Gasteiger charge is 2.26. The van der Waals surface area contributed by atoms with Crippen LogP contribution in [-0.2, 0) is 19.9 Å². The van der Waals surface area contributed by atoms with Gasteiger partial charge in [0, 0.05) is 11.9 Å². The van der Waals surface area contributed by atoms with Crippen LogP contribution in [0.25, 0.3) is 0 Å². The van der Waals surface area contributed by atoms with Crippen molar-refractivity contribution in [1.29, 1.82) is 0 Å². The normalized spacial score (nSPS) is 12.5. The quantitative estimate of drug-likeness (QED) is 0.852. The molecular formula is C10H9F2N3O4S2. The van der Waals surface area contributed by atoms with E-state index in [1.807, 2.05) is 0 Å². The van der Waals surface area contributed by atoms with Crippen molar-refractivity contribution in [3.63, 3.8) is 0 Å². The summed E-state index contributed by atoms with van der Waals surface area (Å²) in [6.07, 6.45) is 2.23. The van der Waals surface area contributed by atoms with Gasteiger partial charge in [-0.25, -0.2) is 16.8 Å². The molecule has 7 nitrogen and oxygen atoms in total. The van der Waals surface area contributed by atoms with E-state index in [0.717, 1.165) is 36.7 Å². The second-order valence-electron chi connectivity index (χ2n) is 3.87. The number of nitrogens with zero attached hydrogens (tertiary/aromatic N) is 1. The lowest BCUT2D eigenvalue weighted by Crippen LogP contribution is -2.13. The molecule has 2 rings (SSSR count). The molecule has 1 aromatic heterocycles. The SMILES string of the molecule is O=S(=O)(Nc1ccc(S(=O)(=O)C(F)F)cc1)c1cn[nH]c1. The van der Waals surface area contributed by atoms with Crippen molar-refractivity contribution in [2.75, 3.05) is 4.72 Å². The number of anilines is 1. The summed E-state index contributed by atoms with van der Waals surface area (Å²) in [6, 6.07) is 3.95. The van der Waals surface area contributed by atoms with Gasteiger partial charge in [0.25, 0.3) is 10.0 Å². The van der Waals surface area contributed by atoms with Crippen LogP contribution < -0.4 is 4.72 Å². The molecule has 0 aliphatic heterocycles. The molecule has 0 aliphatic rings. The largest absolute Gasteiger partial charge is 0.341 e. The van der Waals surface area contributed by atoms with Crippen LogP contribution in [0, 0.1) is 0 Å². The summed E-state index contributed by atoms with van der Waals surface area (Å²) >= 11 is 0. The van der Waals surface area contributed by atoms with E-state index >= 15 is 0 Å². The number of rotatable bonds is 5. The van der Waals surface area contributed by atoms with Gasteiger partial charge in [0.05, 0.1) is 11.1 Å². The maximum atomic E-state index is 12.3. The van der Waals surface area contributed by atoms with Crippen LogP contribution in [0.1, 0.15) is 0 Å². The molecule has 0 amide bonds. The van der Waals surface area contributed by atoms with Gasteiger partial charge < -0.3 is 0 Å². The molecule has 2 N–H and O–H groups in total. The van der Waals surface area contributed by atoms with Gasteiger partial charge >= 0.3 is 5.76 Å². The van der Waals surface area contributed by atoms with Gasteiger partial charge in [0.1, 0.15) is 4.90 Å². The van der Waals surface area contributed by atoms with Crippen LogP contribution in [-0.4, -0.2) is 32.8 Å². The van der Waals surface area contributed by atoms with Crippen molar-refractivity contribution in [3.8, 4) is 0 Å². The Kier molecular flexibility index (Phi) is 3.96. The molecule has 1 heterocycles. The number of benzene rings is 1. The summed E-state index contributed by atoms with van der Waals surface area (Å²) in [5, 5.41) is 5.82. The Morgan fingerprint density at radius 2 is 1.67 bits per heavy atom. The zero-order chi connectivity index (χ0) is 15.7. The van der Waals surface area contributed by atoms with Gasteiger partial charge in [-0.2, -0.15) is 13.9 Å². The van der Waals surface area contributed by atoms with E-state index in [4.69, 9.17) is 0 Å². The fourth-order valence-electron chi connectivity index (χ4n) is 1.42. The Morgan fingerprint density at radius 3 is 2.14 bits per heavy atom. The first-order valence-electron chi connectivity index (χ1n) is 5.37. The molecule has 21 heavy (non-hydrogen) atoms. The number of aromatic nitrogens is 2. The summed E-state index contributed by atoms with van der Waals surface area (Å²) in [5.41, 5.74) is 0.0319. The highest BCUT2D eigenvalue weighted by atomic mass is 32.2. The molecule has 1 aromatic carbocycles. The summed E-state index contributed by atoms with van der Waals surface area (Å²) in [4.78, 5) is -0.712. The average molecular weight is 337 g/mol. The zero-order valence-electron chi connectivity index (χ0n) is 10.2. The lowest BCUT2D eigenvalue weighted by Gasteiger charge is -2.07. The molecule has 0 unspecified atom stereocenters. The Bertz CT molecular complexity index is 816. The van der Waals surface area contributed by atoms with Gasteiger partial charge in [-0.05, 0) is 24.3 Å². The molecule has 114 valence electrons. The van der Waals surface area contributed by atoms with Crippen molar-refractivity contribution in [1.82, 2.24) is 10.2 Å². The zero-order valence-corrected chi connectivity index (χ0v) is 11.8. The first kappa shape index (κ1) is 15.4. The minimum absolute atomic E-state index is 0.0319. The van der Waals surface area contributed by atoms with Crippen molar-refractivity contribution < 1.29 is 25.6 Å². The number of aromatic amines is 1. The van der Waals surface area contributed by atoms with Crippen LogP contribution in [0.5, 0.6) is 0 Å². The molecule has 2 aromatic rings. The fraction of sp³-hybridized carbons (Fsp3) is 0.100. The first-order valence-corrected chi connectivity index (χ1v) is 8.40. The van der Waals surface area contributed by atoms with Crippen LogP contribution >= 0.6 is 0 Å². The lowest BCUT2D eigenvalue weighted by atomic mass is 10.3. The molecule has 0 atom stereocenters. The number of hydrogen-bond acceptors (Lipinski definition) is 5. The Balaban J connectivity index is 2.25. The lowest BCUT2D eigenvalue weighted by molar-refractivity contribution is 0.234. The van der Waals surface area contributed by atoms with Crippen molar-refractivity contribution in [3.05, 3.63) is 36.7 Å². The summed E-state index contributed by atoms with van der Waals surface area (Å²) in [5.74, 6) is -3.54. The van der Waals surface area contributed by atoms with Crippen molar-refractivity contribution >= 4 is 25.5 Å². The summed E-state index contributed by atoms with van der Waals surface area (Å²) < 4.78 is 73.0. The summed E-state index contributed by atoms with van der Waals surface area (Å²) in [7, 11) is -8.58. The number of hydrogen-bond donors (Lipinski definition) is 2. The predicted molar refractivity (Wildman–Crippen MR) is 69.0 cm³/mol. The van der Waals surface area contributed by atoms with Gasteiger partial charge in [0.15, 0.2) is 0 Å². The Hall–Kier alpha value is -2.01. The maximum absolute atomic E-state index is 12.3. The number of sulfone groups is 1. The van der Waals surface area contributed by atoms with E-state index < -0.39 is 30.5 Å². The van der Waals surface area contributed by atoms with Crippen molar-refractivity contribution in [2.45, 2.75) is 15.5 Å². The van der Waals surface area contributed by atoms with E-state index in [2.05, 4.69) is 14.9 Å². The number of nitrogens with one attached hydrogen (secondary N) is 2. The smallest absolute Gasteiger partial charge is 0.284 e. The number of halogens is 2. The summed E-state index contributed by atoms with van der Waals surface area (Å²) in [6.45, 7) is 0. The van der Waals surface area contributed by atoms with E-state index in [1.165, 1.54) is 0 Å². The third-order valence-electron chi connectivity index (χ3n) is 2.45. The molecule has 0 saturated carbocycles. The topological polar surface area (TPSA) is 109 Å². The second-order valence-corrected chi connectivity index (χ2v) is 7.47. The highest BCUT2D eigenvalue weighted by molar-refractivity contribution is 7.92. The monoisotopic (exact) mass is 337 g/mol. The van der Waals surface area contributed by atoms with Crippen LogP contribution in [0.15, 0.2) is 46.5 Å². The van der Waals surface area contributed by atoms with Crippen LogP contribution in [0.3, 0.4) is 0 Å². The predicted octanol–water partition coefficient (Wildman–Crippen LogP) is 1.21. The molecule has 0 fully saturated rings. The number of alkyl halides is 2. The fourth-order valence-corrected chi connectivity index (χ4v) is 3.10. The number of H-pyrrole nitrogens is 1. The maximum Gasteiger partial charge on any atom is 0.341 e. The van der Waals surface area contributed by atoms with E-state index in [9.17, 15) is 25.6 Å². The average Bonchev–Trinajstić information content (AvgIpc) is 2.93. The minimum Gasteiger partial charge on any atom is -0.284 e. The van der Waals surface area contributed by atoms with Gasteiger partial charge in [-0.15, -0.1) is 0 Å². The molecular weight excluding hydrogens is 328 g/mol. The van der Waals surface area contributed by atoms with Gasteiger partial charge in [-0.1, -0.05) is 0 Å². The van der Waals surface area contributed by atoms with Crippen molar-refractivity contribution in [2.24, 2.45) is 0 Å².